The van der Waals surface area contributed by atoms with Crippen LogP contribution in [0.3, 0.4) is 0 Å². The fourth-order valence-electron chi connectivity index (χ4n) is 2.46. The summed E-state index contributed by atoms with van der Waals surface area (Å²) >= 11 is 0. The Bertz CT molecular complexity index is 436. The summed E-state index contributed by atoms with van der Waals surface area (Å²) < 4.78 is 4.64. The van der Waals surface area contributed by atoms with Gasteiger partial charge in [0.15, 0.2) is 0 Å². The van der Waals surface area contributed by atoms with Gasteiger partial charge in [-0.1, -0.05) is 0 Å². The molecule has 104 valence electrons. The van der Waals surface area contributed by atoms with Crippen molar-refractivity contribution in [2.24, 2.45) is 11.7 Å². The fraction of sp³-hybridized carbons (Fsp3) is 0.615. The highest BCUT2D eigenvalue weighted by Gasteiger charge is 2.21. The van der Waals surface area contributed by atoms with Crippen LogP contribution in [0.15, 0.2) is 12.3 Å². The van der Waals surface area contributed by atoms with E-state index < -0.39 is 5.97 Å². The molecular formula is C13H20N4O2. The normalized spacial score (nSPS) is 19.3. The largest absolute Gasteiger partial charge is 0.463 e. The second kappa shape index (κ2) is 6.47. The summed E-state index contributed by atoms with van der Waals surface area (Å²) in [5.41, 5.74) is 5.62. The number of esters is 1. The molecule has 1 atom stereocenters. The number of carbonyl (C=O) groups is 1. The third-order valence-electron chi connectivity index (χ3n) is 3.43. The van der Waals surface area contributed by atoms with Gasteiger partial charge in [0.2, 0.25) is 5.82 Å². The molecule has 1 aliphatic heterocycles. The molecule has 2 heterocycles. The first-order chi connectivity index (χ1) is 9.24. The molecule has 6 heteroatoms. The fourth-order valence-corrected chi connectivity index (χ4v) is 2.46. The molecule has 1 saturated heterocycles. The lowest BCUT2D eigenvalue weighted by Crippen LogP contribution is -2.37. The minimum absolute atomic E-state index is 0.112. The Hall–Kier alpha value is -1.69. The number of anilines is 1. The molecule has 0 bridgehead atoms. The average Bonchev–Trinajstić information content (AvgIpc) is 2.47. The summed E-state index contributed by atoms with van der Waals surface area (Å²) in [6.07, 6.45) is 4.97. The van der Waals surface area contributed by atoms with Crippen LogP contribution in [0.2, 0.25) is 0 Å². The van der Waals surface area contributed by atoms with E-state index in [0.29, 0.717) is 5.92 Å². The smallest absolute Gasteiger partial charge is 0.376 e. The van der Waals surface area contributed by atoms with Crippen molar-refractivity contribution in [2.45, 2.75) is 19.3 Å². The maximum Gasteiger partial charge on any atom is 0.376 e. The first-order valence-corrected chi connectivity index (χ1v) is 6.61. The Morgan fingerprint density at radius 1 is 1.63 bits per heavy atom. The number of aromatic nitrogens is 2. The summed E-state index contributed by atoms with van der Waals surface area (Å²) in [7, 11) is 1.33. The van der Waals surface area contributed by atoms with Crippen LogP contribution in [-0.2, 0) is 4.74 Å². The van der Waals surface area contributed by atoms with E-state index in [2.05, 4.69) is 19.6 Å². The number of nitrogens with zero attached hydrogens (tertiary/aromatic N) is 3. The number of piperidine rings is 1. The van der Waals surface area contributed by atoms with Crippen LogP contribution >= 0.6 is 0 Å². The van der Waals surface area contributed by atoms with Crippen molar-refractivity contribution in [3.8, 4) is 0 Å². The highest BCUT2D eigenvalue weighted by atomic mass is 16.5. The molecule has 0 aromatic carbocycles. The lowest BCUT2D eigenvalue weighted by atomic mass is 9.95. The summed E-state index contributed by atoms with van der Waals surface area (Å²) in [4.78, 5) is 21.8. The number of hydrogen-bond acceptors (Lipinski definition) is 6. The molecule has 0 spiro atoms. The third-order valence-corrected chi connectivity index (χ3v) is 3.43. The van der Waals surface area contributed by atoms with Gasteiger partial charge in [0.1, 0.15) is 5.82 Å². The minimum atomic E-state index is -0.502. The van der Waals surface area contributed by atoms with Crippen molar-refractivity contribution in [3.63, 3.8) is 0 Å². The molecule has 2 N–H and O–H groups in total. The van der Waals surface area contributed by atoms with E-state index in [1.54, 1.807) is 6.20 Å². The minimum Gasteiger partial charge on any atom is -0.463 e. The van der Waals surface area contributed by atoms with Gasteiger partial charge in [-0.2, -0.15) is 0 Å². The summed E-state index contributed by atoms with van der Waals surface area (Å²) in [5, 5.41) is 0. The van der Waals surface area contributed by atoms with Crippen molar-refractivity contribution in [2.75, 3.05) is 31.6 Å². The van der Waals surface area contributed by atoms with E-state index in [1.807, 2.05) is 6.07 Å². The molecule has 1 unspecified atom stereocenters. The van der Waals surface area contributed by atoms with Crippen molar-refractivity contribution >= 4 is 11.8 Å². The molecule has 0 saturated carbocycles. The van der Waals surface area contributed by atoms with Crippen LogP contribution in [0.25, 0.3) is 0 Å². The first kappa shape index (κ1) is 13.7. The lowest BCUT2D eigenvalue weighted by Gasteiger charge is -2.33. The summed E-state index contributed by atoms with van der Waals surface area (Å²) in [6, 6.07) is 1.83. The van der Waals surface area contributed by atoms with E-state index in [9.17, 15) is 4.79 Å². The maximum absolute atomic E-state index is 11.4. The Kier molecular flexibility index (Phi) is 4.68. The van der Waals surface area contributed by atoms with E-state index in [-0.39, 0.29) is 5.82 Å². The number of hydrogen-bond donors (Lipinski definition) is 1. The zero-order valence-corrected chi connectivity index (χ0v) is 11.2. The van der Waals surface area contributed by atoms with E-state index in [4.69, 9.17) is 5.73 Å². The van der Waals surface area contributed by atoms with Crippen molar-refractivity contribution in [1.82, 2.24) is 9.97 Å². The van der Waals surface area contributed by atoms with E-state index in [1.165, 1.54) is 13.5 Å². The molecule has 19 heavy (non-hydrogen) atoms. The highest BCUT2D eigenvalue weighted by molar-refractivity contribution is 5.85. The van der Waals surface area contributed by atoms with Gasteiger partial charge in [-0.3, -0.25) is 0 Å². The zero-order chi connectivity index (χ0) is 13.7. The van der Waals surface area contributed by atoms with Gasteiger partial charge in [0.25, 0.3) is 0 Å². The standard InChI is InChI=1S/C13H20N4O2/c1-19-13(18)12-15-7-5-11(16-12)17-8-2-3-10(9-17)4-6-14/h5,7,10H,2-4,6,8-9,14H2,1H3. The van der Waals surface area contributed by atoms with Crippen LogP contribution in [0.4, 0.5) is 5.82 Å². The van der Waals surface area contributed by atoms with E-state index >= 15 is 0 Å². The third kappa shape index (κ3) is 3.41. The van der Waals surface area contributed by atoms with Gasteiger partial charge in [-0.15, -0.1) is 0 Å². The van der Waals surface area contributed by atoms with Gasteiger partial charge in [0.05, 0.1) is 7.11 Å². The molecular weight excluding hydrogens is 244 g/mol. The van der Waals surface area contributed by atoms with E-state index in [0.717, 1.165) is 38.3 Å². The zero-order valence-electron chi connectivity index (χ0n) is 11.2. The molecule has 0 aliphatic carbocycles. The van der Waals surface area contributed by atoms with Crippen LogP contribution < -0.4 is 10.6 Å². The number of ether oxygens (including phenoxy) is 1. The second-order valence-electron chi connectivity index (χ2n) is 4.76. The van der Waals surface area contributed by atoms with Crippen LogP contribution in [0, 0.1) is 5.92 Å². The molecule has 6 nitrogen and oxygen atoms in total. The Morgan fingerprint density at radius 3 is 3.21 bits per heavy atom. The Balaban J connectivity index is 2.10. The van der Waals surface area contributed by atoms with Crippen molar-refractivity contribution in [1.29, 1.82) is 0 Å². The van der Waals surface area contributed by atoms with Gasteiger partial charge < -0.3 is 15.4 Å². The molecule has 1 aromatic rings. The summed E-state index contributed by atoms with van der Waals surface area (Å²) in [6.45, 7) is 2.61. The quantitative estimate of drug-likeness (QED) is 0.811. The predicted octanol–water partition coefficient (Wildman–Crippen LogP) is 0.828. The molecule has 1 fully saturated rings. The van der Waals surface area contributed by atoms with Crippen molar-refractivity contribution in [3.05, 3.63) is 18.1 Å². The number of nitrogens with two attached hydrogens (primary N) is 1. The van der Waals surface area contributed by atoms with Crippen LogP contribution in [0.1, 0.15) is 29.9 Å². The molecule has 1 aromatic heterocycles. The molecule has 0 amide bonds. The van der Waals surface area contributed by atoms with Gasteiger partial charge in [-0.25, -0.2) is 14.8 Å². The predicted molar refractivity (Wildman–Crippen MR) is 72.0 cm³/mol. The number of methoxy groups -OCH3 is 1. The van der Waals surface area contributed by atoms with Gasteiger partial charge in [-0.05, 0) is 37.8 Å². The van der Waals surface area contributed by atoms with Crippen molar-refractivity contribution < 1.29 is 9.53 Å². The number of carbonyl (C=O) groups excluding carboxylic acids is 1. The maximum atomic E-state index is 11.4. The molecule has 1 aliphatic rings. The topological polar surface area (TPSA) is 81.3 Å². The average molecular weight is 264 g/mol. The number of rotatable bonds is 4. The Morgan fingerprint density at radius 2 is 2.47 bits per heavy atom. The lowest BCUT2D eigenvalue weighted by molar-refractivity contribution is 0.0586. The highest BCUT2D eigenvalue weighted by Crippen LogP contribution is 2.23. The molecule has 0 radical (unpaired) electrons. The van der Waals surface area contributed by atoms with Gasteiger partial charge >= 0.3 is 5.97 Å². The monoisotopic (exact) mass is 264 g/mol. The Labute approximate surface area is 113 Å². The first-order valence-electron chi connectivity index (χ1n) is 6.61. The second-order valence-corrected chi connectivity index (χ2v) is 4.76. The summed E-state index contributed by atoms with van der Waals surface area (Å²) in [5.74, 6) is 1.01. The van der Waals surface area contributed by atoms with Crippen LogP contribution in [-0.4, -0.2) is 42.7 Å². The molecule has 2 rings (SSSR count). The van der Waals surface area contributed by atoms with Gasteiger partial charge in [0, 0.05) is 19.3 Å². The SMILES string of the molecule is COC(=O)c1nccc(N2CCCC(CCN)C2)n1. The van der Waals surface area contributed by atoms with Crippen LogP contribution in [0.5, 0.6) is 0 Å².